The minimum Gasteiger partial charge on any atom is -0.377 e. The zero-order valence-corrected chi connectivity index (χ0v) is 8.19. The van der Waals surface area contributed by atoms with Crippen LogP contribution in [-0.4, -0.2) is 5.11 Å². The van der Waals surface area contributed by atoms with Crippen LogP contribution in [0, 0.1) is 13.8 Å². The molecule has 0 aliphatic carbocycles. The average molecular weight is 182 g/mol. The zero-order valence-electron chi connectivity index (χ0n) is 7.37. The van der Waals surface area contributed by atoms with E-state index in [2.05, 4.69) is 61.8 Å². The van der Waals surface area contributed by atoms with Crippen LogP contribution in [0.25, 0.3) is 0 Å². The summed E-state index contributed by atoms with van der Waals surface area (Å²) in [6, 6.07) is 8.45. The fourth-order valence-electron chi connectivity index (χ4n) is 0.807. The first-order valence-corrected chi connectivity index (χ1v) is 4.01. The Hall–Kier alpha value is -1.09. The molecule has 12 heavy (non-hydrogen) atoms. The maximum atomic E-state index is 4.62. The highest BCUT2D eigenvalue weighted by Gasteiger charge is 1.80. The fourth-order valence-corrected chi connectivity index (χ4v) is 0.807. The Morgan fingerprint density at radius 2 is 1.50 bits per heavy atom. The van der Waals surface area contributed by atoms with E-state index in [1.54, 1.807) is 0 Å². The second kappa shape index (κ2) is 5.55. The third kappa shape index (κ3) is 7.02. The van der Waals surface area contributed by atoms with Gasteiger partial charge in [-0.1, -0.05) is 35.4 Å². The molecule has 0 fully saturated rings. The molecule has 3 heteroatoms. The van der Waals surface area contributed by atoms with Gasteiger partial charge in [0.25, 0.3) is 0 Å². The Morgan fingerprint density at radius 1 is 1.17 bits per heavy atom. The van der Waals surface area contributed by atoms with Crippen LogP contribution in [-0.2, 0) is 0 Å². The third-order valence-electron chi connectivity index (χ3n) is 1.17. The Balaban J connectivity index is 0.000000261. The lowest BCUT2D eigenvalue weighted by Gasteiger charge is -1.90. The third-order valence-corrected chi connectivity index (χ3v) is 1.17. The Labute approximate surface area is 78.6 Å². The van der Waals surface area contributed by atoms with Crippen molar-refractivity contribution in [3.05, 3.63) is 35.4 Å². The molecule has 1 rings (SSSR count). The molecule has 0 heterocycles. The number of hydrogen-bond donors (Lipinski definition) is 2. The maximum absolute atomic E-state index is 4.62. The molecule has 0 bridgehead atoms. The maximum Gasteiger partial charge on any atom is 0.160 e. The van der Waals surface area contributed by atoms with E-state index in [0.29, 0.717) is 0 Å². The number of hydrogen-bond acceptors (Lipinski definition) is 1. The molecule has 1 aromatic carbocycles. The molecule has 0 aliphatic rings. The van der Waals surface area contributed by atoms with Crippen molar-refractivity contribution in [1.29, 1.82) is 0 Å². The molecular weight excluding hydrogens is 168 g/mol. The molecule has 0 saturated carbocycles. The molecule has 66 valence electrons. The molecule has 0 aliphatic heterocycles. The van der Waals surface area contributed by atoms with E-state index in [9.17, 15) is 0 Å². The van der Waals surface area contributed by atoms with E-state index < -0.39 is 0 Å². The summed E-state index contributed by atoms with van der Waals surface area (Å²) in [7, 11) is 0. The van der Waals surface area contributed by atoms with Crippen LogP contribution in [0.1, 0.15) is 11.1 Å². The van der Waals surface area contributed by atoms with Crippen LogP contribution in [0.4, 0.5) is 0 Å². The molecule has 0 saturated heterocycles. The van der Waals surface area contributed by atoms with Crippen LogP contribution in [0.2, 0.25) is 0 Å². The van der Waals surface area contributed by atoms with Crippen molar-refractivity contribution in [3.8, 4) is 0 Å². The van der Waals surface area contributed by atoms with Crippen molar-refractivity contribution in [2.24, 2.45) is 11.5 Å². The van der Waals surface area contributed by atoms with Gasteiger partial charge in [0.2, 0.25) is 0 Å². The summed E-state index contributed by atoms with van der Waals surface area (Å²) in [6.45, 7) is 4.21. The van der Waals surface area contributed by atoms with Crippen LogP contribution in [0.3, 0.4) is 0 Å². The highest BCUT2D eigenvalue weighted by molar-refractivity contribution is 7.80. The lowest BCUT2D eigenvalue weighted by molar-refractivity contribution is 1.39. The van der Waals surface area contributed by atoms with E-state index >= 15 is 0 Å². The topological polar surface area (TPSA) is 52.0 Å². The second-order valence-corrected chi connectivity index (χ2v) is 3.03. The highest BCUT2D eigenvalue weighted by atomic mass is 32.1. The standard InChI is InChI=1S/C8H10.CH4N2S/c1-7-4-3-5-8(2)6-7;2-1(3)4/h3-6H,1-2H3;(H4,2,3,4). The summed E-state index contributed by atoms with van der Waals surface area (Å²) < 4.78 is 0. The predicted octanol–water partition coefficient (Wildman–Crippen LogP) is 1.49. The molecule has 0 radical (unpaired) electrons. The Bertz CT molecular complexity index is 237. The summed E-state index contributed by atoms with van der Waals surface area (Å²) >= 11 is 4.09. The largest absolute Gasteiger partial charge is 0.377 e. The van der Waals surface area contributed by atoms with Crippen LogP contribution >= 0.6 is 12.2 Å². The van der Waals surface area contributed by atoms with Crippen LogP contribution in [0.5, 0.6) is 0 Å². The quantitative estimate of drug-likeness (QED) is 0.598. The van der Waals surface area contributed by atoms with Crippen molar-refractivity contribution in [3.63, 3.8) is 0 Å². The Kier molecular flexibility index (Phi) is 5.04. The zero-order chi connectivity index (χ0) is 9.56. The number of benzene rings is 1. The molecule has 0 unspecified atom stereocenters. The molecule has 0 atom stereocenters. The summed E-state index contributed by atoms with van der Waals surface area (Å²) in [5.74, 6) is 0. The highest BCUT2D eigenvalue weighted by Crippen LogP contribution is 2.00. The molecule has 2 nitrogen and oxygen atoms in total. The smallest absolute Gasteiger partial charge is 0.160 e. The molecular formula is C9H14N2S. The fraction of sp³-hybridized carbons (Fsp3) is 0.222. The van der Waals surface area contributed by atoms with Gasteiger partial charge in [0.05, 0.1) is 0 Å². The van der Waals surface area contributed by atoms with Gasteiger partial charge in [-0.2, -0.15) is 0 Å². The SMILES string of the molecule is Cc1cccc(C)c1.NC(N)=S. The van der Waals surface area contributed by atoms with Crippen LogP contribution < -0.4 is 11.5 Å². The normalized spacial score (nSPS) is 8.17. The van der Waals surface area contributed by atoms with Gasteiger partial charge in [-0.05, 0) is 26.1 Å². The average Bonchev–Trinajstić information content (AvgIpc) is 1.84. The number of rotatable bonds is 0. The first-order valence-electron chi connectivity index (χ1n) is 3.60. The minimum atomic E-state index is 0.000000000000000222. The molecule has 0 aromatic heterocycles. The van der Waals surface area contributed by atoms with Crippen LogP contribution in [0.15, 0.2) is 24.3 Å². The Morgan fingerprint density at radius 3 is 1.67 bits per heavy atom. The first-order chi connectivity index (χ1) is 5.52. The molecule has 0 spiro atoms. The monoisotopic (exact) mass is 182 g/mol. The van der Waals surface area contributed by atoms with Gasteiger partial charge in [0.1, 0.15) is 0 Å². The van der Waals surface area contributed by atoms with Gasteiger partial charge in [0, 0.05) is 0 Å². The minimum absolute atomic E-state index is 0.000000000000000222. The summed E-state index contributed by atoms with van der Waals surface area (Å²) in [5, 5.41) is 0.000000000000000222. The summed E-state index contributed by atoms with van der Waals surface area (Å²) in [4.78, 5) is 0. The van der Waals surface area contributed by atoms with E-state index in [1.165, 1.54) is 11.1 Å². The van der Waals surface area contributed by atoms with Gasteiger partial charge in [0.15, 0.2) is 5.11 Å². The van der Waals surface area contributed by atoms with E-state index in [-0.39, 0.29) is 5.11 Å². The van der Waals surface area contributed by atoms with Gasteiger partial charge in [-0.15, -0.1) is 0 Å². The number of thiocarbonyl (C=S) groups is 1. The van der Waals surface area contributed by atoms with E-state index in [4.69, 9.17) is 0 Å². The van der Waals surface area contributed by atoms with Gasteiger partial charge < -0.3 is 11.5 Å². The second-order valence-electron chi connectivity index (χ2n) is 2.56. The van der Waals surface area contributed by atoms with Crippen molar-refractivity contribution in [2.75, 3.05) is 0 Å². The van der Waals surface area contributed by atoms with Crippen molar-refractivity contribution < 1.29 is 0 Å². The molecule has 1 aromatic rings. The predicted molar refractivity (Wildman–Crippen MR) is 56.9 cm³/mol. The van der Waals surface area contributed by atoms with Crippen molar-refractivity contribution >= 4 is 17.3 Å². The van der Waals surface area contributed by atoms with Gasteiger partial charge >= 0.3 is 0 Å². The number of nitrogens with two attached hydrogens (primary N) is 2. The lowest BCUT2D eigenvalue weighted by Crippen LogP contribution is -2.18. The van der Waals surface area contributed by atoms with E-state index in [0.717, 1.165) is 0 Å². The van der Waals surface area contributed by atoms with Gasteiger partial charge in [-0.25, -0.2) is 0 Å². The van der Waals surface area contributed by atoms with E-state index in [1.807, 2.05) is 0 Å². The molecule has 4 N–H and O–H groups in total. The van der Waals surface area contributed by atoms with Gasteiger partial charge in [-0.3, -0.25) is 0 Å². The van der Waals surface area contributed by atoms with Crippen molar-refractivity contribution in [2.45, 2.75) is 13.8 Å². The van der Waals surface area contributed by atoms with Crippen molar-refractivity contribution in [1.82, 2.24) is 0 Å². The lowest BCUT2D eigenvalue weighted by atomic mass is 10.2. The first kappa shape index (κ1) is 10.9. The molecule has 0 amide bonds. The summed E-state index contributed by atoms with van der Waals surface area (Å²) in [6.07, 6.45) is 0. The number of aryl methyl sites for hydroxylation is 2. The summed E-state index contributed by atoms with van der Waals surface area (Å²) in [5.41, 5.74) is 11.9.